The molecular weight excluding hydrogens is 474 g/mol. The Hall–Kier alpha value is -4.06. The summed E-state index contributed by atoms with van der Waals surface area (Å²) in [6.45, 7) is 4.96. The number of aromatic nitrogens is 1. The number of carbonyl (C=O) groups excluding carboxylic acids is 2. The molecule has 6 heteroatoms. The van der Waals surface area contributed by atoms with Crippen LogP contribution < -0.4 is 4.74 Å². The van der Waals surface area contributed by atoms with E-state index in [1.807, 2.05) is 41.3 Å². The molecule has 2 aliphatic rings. The Kier molecular flexibility index (Phi) is 6.18. The zero-order chi connectivity index (χ0) is 26.4. The van der Waals surface area contributed by atoms with Gasteiger partial charge in [0, 0.05) is 29.6 Å². The highest BCUT2D eigenvalue weighted by molar-refractivity contribution is 5.97. The van der Waals surface area contributed by atoms with Gasteiger partial charge < -0.3 is 19.5 Å². The number of para-hydroxylation sites is 1. The van der Waals surface area contributed by atoms with Crippen LogP contribution in [-0.2, 0) is 22.4 Å². The predicted octanol–water partition coefficient (Wildman–Crippen LogP) is 5.23. The summed E-state index contributed by atoms with van der Waals surface area (Å²) >= 11 is 0. The molecule has 2 atom stereocenters. The summed E-state index contributed by atoms with van der Waals surface area (Å²) < 4.78 is 5.25. The van der Waals surface area contributed by atoms with Crippen LogP contribution in [0, 0.1) is 0 Å². The van der Waals surface area contributed by atoms with E-state index >= 15 is 0 Å². The van der Waals surface area contributed by atoms with E-state index in [9.17, 15) is 9.59 Å². The number of carbonyl (C=O) groups is 2. The van der Waals surface area contributed by atoms with E-state index in [-0.39, 0.29) is 24.4 Å². The third-order valence-corrected chi connectivity index (χ3v) is 8.09. The lowest BCUT2D eigenvalue weighted by atomic mass is 9.85. The molecule has 0 spiro atoms. The van der Waals surface area contributed by atoms with Gasteiger partial charge in [-0.15, -0.1) is 0 Å². The molecule has 0 bridgehead atoms. The number of nitrogens with zero attached hydrogens (tertiary/aromatic N) is 2. The summed E-state index contributed by atoms with van der Waals surface area (Å²) in [5.41, 5.74) is 6.59. The average Bonchev–Trinajstić information content (AvgIpc) is 3.32. The second kappa shape index (κ2) is 9.67. The normalized spacial score (nSPS) is 19.2. The quantitative estimate of drug-likeness (QED) is 0.389. The molecule has 0 saturated carbocycles. The summed E-state index contributed by atoms with van der Waals surface area (Å²) in [7, 11) is 1.65. The van der Waals surface area contributed by atoms with Gasteiger partial charge in [0.25, 0.3) is 0 Å². The van der Waals surface area contributed by atoms with E-state index in [0.29, 0.717) is 25.3 Å². The van der Waals surface area contributed by atoms with Crippen molar-refractivity contribution in [2.75, 3.05) is 20.2 Å². The first kappa shape index (κ1) is 24.3. The number of ether oxygens (including phenoxy) is 1. The van der Waals surface area contributed by atoms with Gasteiger partial charge in [-0.2, -0.15) is 0 Å². The maximum atomic E-state index is 13.9. The molecule has 6 nitrogen and oxygen atoms in total. The minimum absolute atomic E-state index is 0.00780. The van der Waals surface area contributed by atoms with Gasteiger partial charge in [-0.1, -0.05) is 68.4 Å². The molecule has 3 heterocycles. The summed E-state index contributed by atoms with van der Waals surface area (Å²) in [5, 5.41) is 1.13. The molecule has 1 fully saturated rings. The highest BCUT2D eigenvalue weighted by Gasteiger charge is 2.48. The largest absolute Gasteiger partial charge is 0.497 e. The number of amides is 2. The van der Waals surface area contributed by atoms with Crippen molar-refractivity contribution in [3.05, 3.63) is 101 Å². The molecule has 0 aliphatic carbocycles. The van der Waals surface area contributed by atoms with Crippen LogP contribution in [0.1, 0.15) is 53.8 Å². The van der Waals surface area contributed by atoms with Gasteiger partial charge in [0.2, 0.25) is 11.8 Å². The number of fused-ring (bicyclic) bond motifs is 4. The van der Waals surface area contributed by atoms with Crippen molar-refractivity contribution in [1.29, 1.82) is 0 Å². The van der Waals surface area contributed by atoms with E-state index in [0.717, 1.165) is 39.0 Å². The lowest BCUT2D eigenvalue weighted by Gasteiger charge is -2.47. The first-order chi connectivity index (χ1) is 18.4. The van der Waals surface area contributed by atoms with Gasteiger partial charge in [0.1, 0.15) is 11.8 Å². The number of methoxy groups -OCH3 is 1. The van der Waals surface area contributed by atoms with Crippen LogP contribution in [0.4, 0.5) is 0 Å². The highest BCUT2D eigenvalue weighted by Crippen LogP contribution is 2.42. The van der Waals surface area contributed by atoms with Crippen molar-refractivity contribution < 1.29 is 14.3 Å². The fraction of sp³-hybridized carbons (Fsp3) is 0.312. The third-order valence-electron chi connectivity index (χ3n) is 8.09. The van der Waals surface area contributed by atoms with Crippen molar-refractivity contribution in [2.24, 2.45) is 0 Å². The van der Waals surface area contributed by atoms with Crippen LogP contribution in [0.3, 0.4) is 0 Å². The Morgan fingerprint density at radius 1 is 0.974 bits per heavy atom. The molecule has 3 aromatic carbocycles. The summed E-state index contributed by atoms with van der Waals surface area (Å²) in [6, 6.07) is 23.8. The highest BCUT2D eigenvalue weighted by atomic mass is 16.5. The number of H-pyrrole nitrogens is 1. The SMILES string of the molecule is COc1ccc(CCN2CC(=O)N3C(c4ccc(C(C)C)cc4)c4[nH]c5ccccc5c4C[C@@H]3C2=O)cc1. The number of piperazine rings is 1. The fourth-order valence-corrected chi connectivity index (χ4v) is 5.98. The van der Waals surface area contributed by atoms with Crippen molar-refractivity contribution in [1.82, 2.24) is 14.8 Å². The van der Waals surface area contributed by atoms with Crippen molar-refractivity contribution >= 4 is 22.7 Å². The van der Waals surface area contributed by atoms with Gasteiger partial charge >= 0.3 is 0 Å². The smallest absolute Gasteiger partial charge is 0.246 e. The molecule has 2 aliphatic heterocycles. The Bertz CT molecular complexity index is 1490. The van der Waals surface area contributed by atoms with Gasteiger partial charge in [0.15, 0.2) is 0 Å². The molecular formula is C32H33N3O3. The standard InChI is InChI=1S/C32H33N3O3/c1-20(2)22-10-12-23(13-11-22)31-30-26(25-6-4-5-7-27(25)33-30)18-28-32(37)34(19-29(36)35(28)31)17-16-21-8-14-24(38-3)15-9-21/h4-15,20,28,31,33H,16-19H2,1-3H3/t28-,31?/m1/s1. The van der Waals surface area contributed by atoms with Gasteiger partial charge in [-0.25, -0.2) is 0 Å². The molecule has 38 heavy (non-hydrogen) atoms. The van der Waals surface area contributed by atoms with Crippen LogP contribution >= 0.6 is 0 Å². The summed E-state index contributed by atoms with van der Waals surface area (Å²) in [6.07, 6.45) is 1.21. The summed E-state index contributed by atoms with van der Waals surface area (Å²) in [5.74, 6) is 1.24. The first-order valence-corrected chi connectivity index (χ1v) is 13.4. The zero-order valence-corrected chi connectivity index (χ0v) is 22.1. The number of benzene rings is 3. The summed E-state index contributed by atoms with van der Waals surface area (Å²) in [4.78, 5) is 34.9. The number of aromatic amines is 1. The van der Waals surface area contributed by atoms with E-state index in [1.54, 1.807) is 12.0 Å². The van der Waals surface area contributed by atoms with Crippen molar-refractivity contribution in [2.45, 2.75) is 44.7 Å². The molecule has 1 saturated heterocycles. The van der Waals surface area contributed by atoms with Crippen molar-refractivity contribution in [3.8, 4) is 5.75 Å². The Balaban J connectivity index is 1.35. The first-order valence-electron chi connectivity index (χ1n) is 13.4. The van der Waals surface area contributed by atoms with Crippen LogP contribution in [-0.4, -0.2) is 52.8 Å². The van der Waals surface area contributed by atoms with Crippen LogP contribution in [0.5, 0.6) is 5.75 Å². The molecule has 2 amide bonds. The third kappa shape index (κ3) is 4.14. The fourth-order valence-electron chi connectivity index (χ4n) is 5.98. The van der Waals surface area contributed by atoms with Gasteiger partial charge in [-0.05, 0) is 52.8 Å². The Morgan fingerprint density at radius 3 is 2.42 bits per heavy atom. The number of rotatable bonds is 6. The van der Waals surface area contributed by atoms with E-state index in [1.165, 1.54) is 5.56 Å². The maximum Gasteiger partial charge on any atom is 0.246 e. The van der Waals surface area contributed by atoms with E-state index in [2.05, 4.69) is 55.2 Å². The number of nitrogens with one attached hydrogen (secondary N) is 1. The molecule has 0 radical (unpaired) electrons. The molecule has 1 aromatic heterocycles. The minimum Gasteiger partial charge on any atom is -0.497 e. The predicted molar refractivity (Wildman–Crippen MR) is 148 cm³/mol. The number of hydrogen-bond acceptors (Lipinski definition) is 3. The number of hydrogen-bond donors (Lipinski definition) is 1. The second-order valence-corrected chi connectivity index (χ2v) is 10.7. The maximum absolute atomic E-state index is 13.9. The molecule has 194 valence electrons. The lowest BCUT2D eigenvalue weighted by molar-refractivity contribution is -0.158. The molecule has 1 unspecified atom stereocenters. The van der Waals surface area contributed by atoms with Gasteiger partial charge in [-0.3, -0.25) is 9.59 Å². The van der Waals surface area contributed by atoms with Crippen molar-refractivity contribution in [3.63, 3.8) is 0 Å². The zero-order valence-electron chi connectivity index (χ0n) is 22.1. The molecule has 4 aromatic rings. The van der Waals surface area contributed by atoms with E-state index < -0.39 is 6.04 Å². The average molecular weight is 508 g/mol. The molecule has 6 rings (SSSR count). The Labute approximate surface area is 223 Å². The monoisotopic (exact) mass is 507 g/mol. The van der Waals surface area contributed by atoms with E-state index in [4.69, 9.17) is 4.74 Å². The lowest BCUT2D eigenvalue weighted by Crippen LogP contribution is -2.63. The topological polar surface area (TPSA) is 65.6 Å². The van der Waals surface area contributed by atoms with Crippen LogP contribution in [0.15, 0.2) is 72.8 Å². The Morgan fingerprint density at radius 2 is 1.71 bits per heavy atom. The van der Waals surface area contributed by atoms with Crippen LogP contribution in [0.25, 0.3) is 10.9 Å². The molecule has 1 N–H and O–H groups in total. The van der Waals surface area contributed by atoms with Crippen LogP contribution in [0.2, 0.25) is 0 Å². The minimum atomic E-state index is -0.520. The van der Waals surface area contributed by atoms with Gasteiger partial charge in [0.05, 0.1) is 19.7 Å². The second-order valence-electron chi connectivity index (χ2n) is 10.7.